The van der Waals surface area contributed by atoms with Crippen molar-refractivity contribution in [1.82, 2.24) is 0 Å². The van der Waals surface area contributed by atoms with Crippen LogP contribution in [-0.4, -0.2) is 18.9 Å². The van der Waals surface area contributed by atoms with E-state index < -0.39 is 5.97 Å². The summed E-state index contributed by atoms with van der Waals surface area (Å²) in [4.78, 5) is 23.3. The summed E-state index contributed by atoms with van der Waals surface area (Å²) < 4.78 is 5.79. The second-order valence-electron chi connectivity index (χ2n) is 4.97. The lowest BCUT2D eigenvalue weighted by molar-refractivity contribution is -0.137. The van der Waals surface area contributed by atoms with E-state index >= 15 is 0 Å². The molecule has 0 aromatic carbocycles. The number of carbonyl (C=O) groups is 2. The molecular weight excluding hydrogens is 340 g/mol. The van der Waals surface area contributed by atoms with Gasteiger partial charge in [0.1, 0.15) is 5.57 Å². The summed E-state index contributed by atoms with van der Waals surface area (Å²) in [6, 6.07) is 2.08. The first-order chi connectivity index (χ1) is 9.45. The van der Waals surface area contributed by atoms with Gasteiger partial charge >= 0.3 is 5.97 Å². The average Bonchev–Trinajstić information content (AvgIpc) is 2.84. The lowest BCUT2D eigenvalue weighted by atomic mass is 9.78. The van der Waals surface area contributed by atoms with Gasteiger partial charge in [-0.05, 0) is 51.9 Å². The standard InChI is InChI=1S/C15H15BrO3S/c1-15(6-3-10-5-8-20-13(10)16)7-4-12(17)11(9-15)14(18)19-2/h4-5,7-9H,3,6H2,1-2H3. The molecule has 0 aliphatic heterocycles. The van der Waals surface area contributed by atoms with Crippen LogP contribution in [0.4, 0.5) is 0 Å². The molecule has 106 valence electrons. The number of rotatable bonds is 4. The summed E-state index contributed by atoms with van der Waals surface area (Å²) >= 11 is 5.18. The molecule has 0 spiro atoms. The second kappa shape index (κ2) is 6.06. The zero-order valence-electron chi connectivity index (χ0n) is 11.3. The van der Waals surface area contributed by atoms with Crippen LogP contribution in [-0.2, 0) is 20.7 Å². The van der Waals surface area contributed by atoms with Crippen LogP contribution in [0.25, 0.3) is 0 Å². The van der Waals surface area contributed by atoms with Crippen molar-refractivity contribution < 1.29 is 14.3 Å². The molecule has 20 heavy (non-hydrogen) atoms. The van der Waals surface area contributed by atoms with Crippen molar-refractivity contribution in [2.24, 2.45) is 5.41 Å². The fourth-order valence-corrected chi connectivity index (χ4v) is 3.46. The van der Waals surface area contributed by atoms with Gasteiger partial charge in [0.15, 0.2) is 5.78 Å². The van der Waals surface area contributed by atoms with E-state index in [1.165, 1.54) is 18.7 Å². The summed E-state index contributed by atoms with van der Waals surface area (Å²) in [6.45, 7) is 2.01. The van der Waals surface area contributed by atoms with Crippen molar-refractivity contribution in [3.05, 3.63) is 44.6 Å². The van der Waals surface area contributed by atoms with Gasteiger partial charge in [-0.2, -0.15) is 0 Å². The summed E-state index contributed by atoms with van der Waals surface area (Å²) in [5.41, 5.74) is 1.06. The number of hydrogen-bond acceptors (Lipinski definition) is 4. The number of aryl methyl sites for hydroxylation is 1. The number of thiophene rings is 1. The smallest absolute Gasteiger partial charge is 0.341 e. The Labute approximate surface area is 130 Å². The van der Waals surface area contributed by atoms with Crippen LogP contribution in [0.2, 0.25) is 0 Å². The van der Waals surface area contributed by atoms with Crippen LogP contribution in [0, 0.1) is 5.41 Å². The molecular formula is C15H15BrO3S. The molecule has 1 heterocycles. The average molecular weight is 355 g/mol. The quantitative estimate of drug-likeness (QED) is 0.611. The third-order valence-corrected chi connectivity index (χ3v) is 5.20. The van der Waals surface area contributed by atoms with Gasteiger partial charge in [-0.15, -0.1) is 11.3 Å². The third-order valence-electron chi connectivity index (χ3n) is 3.39. The maximum atomic E-state index is 11.7. The number of methoxy groups -OCH3 is 1. The second-order valence-corrected chi connectivity index (χ2v) is 7.21. The van der Waals surface area contributed by atoms with Crippen LogP contribution in [0.15, 0.2) is 39.0 Å². The van der Waals surface area contributed by atoms with Gasteiger partial charge in [-0.25, -0.2) is 4.79 Å². The number of hydrogen-bond donors (Lipinski definition) is 0. The molecule has 0 saturated heterocycles. The van der Waals surface area contributed by atoms with Crippen LogP contribution < -0.4 is 0 Å². The topological polar surface area (TPSA) is 43.4 Å². The Morgan fingerprint density at radius 2 is 2.25 bits per heavy atom. The first kappa shape index (κ1) is 15.2. The minimum absolute atomic E-state index is 0.127. The number of carbonyl (C=O) groups excluding carboxylic acids is 2. The van der Waals surface area contributed by atoms with Gasteiger partial charge in [-0.3, -0.25) is 4.79 Å². The molecule has 0 radical (unpaired) electrons. The number of ether oxygens (including phenoxy) is 1. The molecule has 1 aromatic rings. The fraction of sp³-hybridized carbons (Fsp3) is 0.333. The minimum Gasteiger partial charge on any atom is -0.465 e. The zero-order valence-corrected chi connectivity index (χ0v) is 13.7. The van der Waals surface area contributed by atoms with E-state index in [0.29, 0.717) is 0 Å². The maximum Gasteiger partial charge on any atom is 0.341 e. The molecule has 0 fully saturated rings. The molecule has 1 aliphatic carbocycles. The highest BCUT2D eigenvalue weighted by molar-refractivity contribution is 9.11. The summed E-state index contributed by atoms with van der Waals surface area (Å²) in [7, 11) is 1.29. The van der Waals surface area contributed by atoms with Crippen molar-refractivity contribution in [3.63, 3.8) is 0 Å². The van der Waals surface area contributed by atoms with E-state index in [0.717, 1.165) is 16.6 Å². The molecule has 0 saturated carbocycles. The highest BCUT2D eigenvalue weighted by atomic mass is 79.9. The van der Waals surface area contributed by atoms with Crippen LogP contribution in [0.5, 0.6) is 0 Å². The van der Waals surface area contributed by atoms with Gasteiger partial charge in [0.25, 0.3) is 0 Å². The van der Waals surface area contributed by atoms with Crippen molar-refractivity contribution in [2.45, 2.75) is 19.8 Å². The van der Waals surface area contributed by atoms with Crippen LogP contribution >= 0.6 is 27.3 Å². The SMILES string of the molecule is COC(=O)C1=CC(C)(CCc2ccsc2Br)C=CC1=O. The predicted molar refractivity (Wildman–Crippen MR) is 82.7 cm³/mol. The predicted octanol–water partition coefficient (Wildman–Crippen LogP) is 3.69. The van der Waals surface area contributed by atoms with E-state index in [9.17, 15) is 9.59 Å². The molecule has 0 N–H and O–H groups in total. The van der Waals surface area contributed by atoms with E-state index in [2.05, 4.69) is 26.7 Å². The van der Waals surface area contributed by atoms with E-state index in [-0.39, 0.29) is 16.8 Å². The first-order valence-electron chi connectivity index (χ1n) is 6.22. The lowest BCUT2D eigenvalue weighted by Gasteiger charge is -2.25. The summed E-state index contributed by atoms with van der Waals surface area (Å²) in [5, 5.41) is 2.04. The molecule has 5 heteroatoms. The van der Waals surface area contributed by atoms with Crippen LogP contribution in [0.3, 0.4) is 0 Å². The number of halogens is 1. The van der Waals surface area contributed by atoms with Crippen molar-refractivity contribution in [2.75, 3.05) is 7.11 Å². The highest BCUT2D eigenvalue weighted by Crippen LogP contribution is 2.34. The van der Waals surface area contributed by atoms with E-state index in [4.69, 9.17) is 0 Å². The van der Waals surface area contributed by atoms with Crippen molar-refractivity contribution >= 4 is 39.0 Å². The number of ketones is 1. The van der Waals surface area contributed by atoms with Crippen LogP contribution in [0.1, 0.15) is 18.9 Å². The summed E-state index contributed by atoms with van der Waals surface area (Å²) in [5.74, 6) is -0.853. The fourth-order valence-electron chi connectivity index (χ4n) is 2.13. The van der Waals surface area contributed by atoms with Gasteiger partial charge in [0, 0.05) is 5.41 Å². The third kappa shape index (κ3) is 3.27. The Balaban J connectivity index is 2.15. The van der Waals surface area contributed by atoms with E-state index in [1.54, 1.807) is 17.4 Å². The Morgan fingerprint density at radius 1 is 1.50 bits per heavy atom. The molecule has 1 aromatic heterocycles. The Kier molecular flexibility index (Phi) is 4.60. The zero-order chi connectivity index (χ0) is 14.8. The molecule has 0 amide bonds. The largest absolute Gasteiger partial charge is 0.465 e. The molecule has 1 aliphatic rings. The Bertz CT molecular complexity index is 600. The van der Waals surface area contributed by atoms with Crippen molar-refractivity contribution in [1.29, 1.82) is 0 Å². The molecule has 1 unspecified atom stereocenters. The van der Waals surface area contributed by atoms with Gasteiger partial charge in [0.05, 0.1) is 10.9 Å². The van der Waals surface area contributed by atoms with Gasteiger partial charge in [-0.1, -0.05) is 19.1 Å². The molecule has 3 nitrogen and oxygen atoms in total. The molecule has 0 bridgehead atoms. The maximum absolute atomic E-state index is 11.7. The monoisotopic (exact) mass is 354 g/mol. The summed E-state index contributed by atoms with van der Waals surface area (Å²) in [6.07, 6.45) is 6.76. The Morgan fingerprint density at radius 3 is 2.85 bits per heavy atom. The minimum atomic E-state index is -0.567. The lowest BCUT2D eigenvalue weighted by Crippen LogP contribution is -2.23. The Hall–Kier alpha value is -1.20. The molecule has 2 rings (SSSR count). The number of allylic oxidation sites excluding steroid dienone is 3. The number of esters is 1. The van der Waals surface area contributed by atoms with Gasteiger partial charge in [0.2, 0.25) is 0 Å². The van der Waals surface area contributed by atoms with E-state index in [1.807, 2.05) is 18.4 Å². The van der Waals surface area contributed by atoms with Crippen molar-refractivity contribution in [3.8, 4) is 0 Å². The van der Waals surface area contributed by atoms with Gasteiger partial charge < -0.3 is 4.74 Å². The normalized spacial score (nSPS) is 21.8. The molecule has 1 atom stereocenters. The first-order valence-corrected chi connectivity index (χ1v) is 7.89. The highest BCUT2D eigenvalue weighted by Gasteiger charge is 2.29.